The second-order valence-electron chi connectivity index (χ2n) is 19.0. The van der Waals surface area contributed by atoms with Crippen LogP contribution in [0.2, 0.25) is 0 Å². The number of thioether (sulfide) groups is 4. The fourth-order valence-corrected chi connectivity index (χ4v) is 27.3. The van der Waals surface area contributed by atoms with Crippen LogP contribution in [0, 0.1) is 0 Å². The molecular formula is C64H58S16. The highest BCUT2D eigenvalue weighted by molar-refractivity contribution is 8.02. The van der Waals surface area contributed by atoms with Crippen LogP contribution in [0.3, 0.4) is 0 Å². The molecule has 12 heterocycles. The lowest BCUT2D eigenvalue weighted by molar-refractivity contribution is 0.896. The third-order valence-electron chi connectivity index (χ3n) is 13.1. The van der Waals surface area contributed by atoms with E-state index in [1.807, 2.05) is 183 Å². The zero-order valence-corrected chi connectivity index (χ0v) is 57.8. The monoisotopic (exact) mass is 1340 g/mol. The Bertz CT molecular complexity index is 3650. The number of thiophene rings is 12. The first-order valence-corrected chi connectivity index (χ1v) is 41.0. The van der Waals surface area contributed by atoms with Crippen LogP contribution in [0.15, 0.2) is 150 Å². The maximum Gasteiger partial charge on any atom is 0.0605 e. The number of hydrogen-bond acceptors (Lipinski definition) is 16. The summed E-state index contributed by atoms with van der Waals surface area (Å²) < 4.78 is 5.68. The van der Waals surface area contributed by atoms with Crippen molar-refractivity contribution in [2.45, 2.75) is 95.9 Å². The summed E-state index contributed by atoms with van der Waals surface area (Å²) >= 11 is 31.4. The van der Waals surface area contributed by atoms with Crippen molar-refractivity contribution in [3.05, 3.63) is 133 Å². The number of unbranched alkanes of at least 4 members (excludes halogenated alkanes) is 4. The molecule has 0 atom stereocenters. The average Bonchev–Trinajstić information content (AvgIpc) is 4.34. The molecule has 0 amide bonds. The van der Waals surface area contributed by atoms with Crippen LogP contribution in [-0.4, -0.2) is 23.0 Å². The Kier molecular flexibility index (Phi) is 20.3. The lowest BCUT2D eigenvalue weighted by atomic mass is 10.1. The van der Waals surface area contributed by atoms with Crippen molar-refractivity contribution in [3.63, 3.8) is 0 Å². The van der Waals surface area contributed by atoms with Gasteiger partial charge in [-0.15, -0.1) is 183 Å². The molecule has 0 aliphatic rings. The maximum absolute atomic E-state index is 2.53. The molecule has 0 radical (unpaired) electrons. The molecule has 0 bridgehead atoms. The van der Waals surface area contributed by atoms with Crippen LogP contribution in [-0.2, 0) is 0 Å². The summed E-state index contributed by atoms with van der Waals surface area (Å²) in [7, 11) is 0. The highest BCUT2D eigenvalue weighted by Crippen LogP contribution is 2.57. The van der Waals surface area contributed by atoms with Crippen LogP contribution >= 0.6 is 183 Å². The van der Waals surface area contributed by atoms with E-state index in [9.17, 15) is 0 Å². The summed E-state index contributed by atoms with van der Waals surface area (Å²) in [6, 6.07) is 52.1. The highest BCUT2D eigenvalue weighted by Gasteiger charge is 2.25. The van der Waals surface area contributed by atoms with Crippen molar-refractivity contribution in [1.82, 2.24) is 0 Å². The molecule has 0 aromatic carbocycles. The Hall–Kier alpha value is -2.20. The van der Waals surface area contributed by atoms with Gasteiger partial charge in [0.2, 0.25) is 0 Å². The van der Waals surface area contributed by atoms with E-state index in [4.69, 9.17) is 0 Å². The number of rotatable bonds is 27. The summed E-state index contributed by atoms with van der Waals surface area (Å²) in [6.07, 6.45) is 9.99. The number of hydrogen-bond donors (Lipinski definition) is 0. The topological polar surface area (TPSA) is 0 Å². The van der Waals surface area contributed by atoms with Crippen molar-refractivity contribution in [2.24, 2.45) is 0 Å². The Morgan fingerprint density at radius 3 is 0.675 bits per heavy atom. The summed E-state index contributed by atoms with van der Waals surface area (Å²) in [4.78, 5) is 27.0. The SMILES string of the molecule is CCCCSc1ccc(-c2ccc(-c3ccc(-c4cc(-c5ccc(-c6ccc(SCCCC)s6)s5)sc4-c4sc(-c5ccc(-c6ccc(SCCCC)s6)s5)cc4-c4ccc(-c5ccc(-c6ccc(SCCCC)s6)s5)s4)s3)s2)s1. The molecular weight excluding hydrogens is 1280 g/mol. The fraction of sp³-hybridized carbons (Fsp3) is 0.250. The van der Waals surface area contributed by atoms with Gasteiger partial charge in [-0.2, -0.15) is 0 Å². The minimum Gasteiger partial charge on any atom is -0.134 e. The van der Waals surface area contributed by atoms with Crippen LogP contribution < -0.4 is 0 Å². The molecule has 0 saturated heterocycles. The first-order valence-electron chi connectivity index (χ1n) is 27.2. The first-order chi connectivity index (χ1) is 39.4. The first kappa shape index (κ1) is 58.2. The zero-order valence-electron chi connectivity index (χ0n) is 44.7. The minimum absolute atomic E-state index is 1.18. The van der Waals surface area contributed by atoms with E-state index in [1.54, 1.807) is 0 Å². The molecule has 0 nitrogen and oxygen atoms in total. The quantitative estimate of drug-likeness (QED) is 0.0372. The average molecular weight is 1340 g/mol. The van der Waals surface area contributed by atoms with Gasteiger partial charge in [-0.05, 0) is 182 Å². The minimum atomic E-state index is 1.18. The highest BCUT2D eigenvalue weighted by atomic mass is 32.2. The molecule has 0 saturated carbocycles. The maximum atomic E-state index is 2.53. The third-order valence-corrected chi connectivity index (χ3v) is 33.2. The van der Waals surface area contributed by atoms with Gasteiger partial charge < -0.3 is 0 Å². The van der Waals surface area contributed by atoms with Gasteiger partial charge in [0, 0.05) is 98.9 Å². The Labute approximate surface area is 537 Å². The summed E-state index contributed by atoms with van der Waals surface area (Å²) in [6.45, 7) is 9.12. The molecule has 0 unspecified atom stereocenters. The van der Waals surface area contributed by atoms with Crippen molar-refractivity contribution < 1.29 is 0 Å². The summed E-state index contributed by atoms with van der Waals surface area (Å²) in [5, 5.41) is 0. The zero-order chi connectivity index (χ0) is 54.4. The molecule has 0 N–H and O–H groups in total. The molecule has 16 heteroatoms. The van der Waals surface area contributed by atoms with E-state index >= 15 is 0 Å². The van der Waals surface area contributed by atoms with E-state index < -0.39 is 0 Å². The van der Waals surface area contributed by atoms with E-state index in [2.05, 4.69) is 161 Å². The second-order valence-corrected chi connectivity index (χ2v) is 37.5. The molecule has 80 heavy (non-hydrogen) atoms. The predicted octanol–water partition coefficient (Wildman–Crippen LogP) is 28.3. The Balaban J connectivity index is 0.928. The molecule has 0 aliphatic heterocycles. The van der Waals surface area contributed by atoms with Crippen molar-refractivity contribution in [1.29, 1.82) is 0 Å². The van der Waals surface area contributed by atoms with E-state index in [-0.39, 0.29) is 0 Å². The second kappa shape index (κ2) is 27.9. The smallest absolute Gasteiger partial charge is 0.0605 e. The predicted molar refractivity (Wildman–Crippen MR) is 383 cm³/mol. The molecule has 12 aromatic rings. The summed E-state index contributed by atoms with van der Waals surface area (Å²) in [5.74, 6) is 4.75. The normalized spacial score (nSPS) is 11.8. The van der Waals surface area contributed by atoms with Gasteiger partial charge in [0.1, 0.15) is 0 Å². The van der Waals surface area contributed by atoms with Gasteiger partial charge in [-0.3, -0.25) is 0 Å². The fourth-order valence-electron chi connectivity index (χ4n) is 8.76. The van der Waals surface area contributed by atoms with Gasteiger partial charge in [-0.1, -0.05) is 53.4 Å². The Morgan fingerprint density at radius 2 is 0.425 bits per heavy atom. The van der Waals surface area contributed by atoms with Crippen molar-refractivity contribution in [3.8, 4) is 109 Å². The molecule has 410 valence electrons. The molecule has 12 rings (SSSR count). The largest absolute Gasteiger partial charge is 0.134 e. The third kappa shape index (κ3) is 13.7. The van der Waals surface area contributed by atoms with Crippen LogP contribution in [0.5, 0.6) is 0 Å². The van der Waals surface area contributed by atoms with Gasteiger partial charge in [0.25, 0.3) is 0 Å². The standard InChI is InChI=1S/C64H58S16/c1-5-9-33-65-59-29-25-51(75-59)47-19-17-45(71-47)43-15-13-41(69-43)39-37-57(55-23-21-49(73-55)53-27-31-61(77-53)67-35-11-7-3)79-63(39)64-40(38-58(80-64)56-24-22-50(74-56)54-28-32-62(78-54)68-36-12-8-4)42-14-16-44(70-42)46-18-20-48(72-46)52-26-30-60(76-52)66-34-10-6-2/h13-32,37-38H,5-12,33-36H2,1-4H3. The Morgan fingerprint density at radius 1 is 0.225 bits per heavy atom. The molecule has 0 aliphatic carbocycles. The van der Waals surface area contributed by atoms with Crippen molar-refractivity contribution >= 4 is 183 Å². The molecule has 0 fully saturated rings. The van der Waals surface area contributed by atoms with E-state index in [0.717, 1.165) is 0 Å². The van der Waals surface area contributed by atoms with Gasteiger partial charge in [-0.25, -0.2) is 0 Å². The van der Waals surface area contributed by atoms with E-state index in [0.29, 0.717) is 0 Å². The van der Waals surface area contributed by atoms with Gasteiger partial charge >= 0.3 is 0 Å². The molecule has 0 spiro atoms. The lowest BCUT2D eigenvalue weighted by Crippen LogP contribution is -1.75. The summed E-state index contributed by atoms with van der Waals surface area (Å²) in [5.41, 5.74) is 2.67. The van der Waals surface area contributed by atoms with Gasteiger partial charge in [0.05, 0.1) is 26.6 Å². The van der Waals surface area contributed by atoms with Crippen LogP contribution in [0.4, 0.5) is 0 Å². The van der Waals surface area contributed by atoms with Crippen LogP contribution in [0.1, 0.15) is 79.1 Å². The van der Waals surface area contributed by atoms with Gasteiger partial charge in [0.15, 0.2) is 0 Å². The van der Waals surface area contributed by atoms with Crippen molar-refractivity contribution in [2.75, 3.05) is 23.0 Å². The van der Waals surface area contributed by atoms with E-state index in [1.165, 1.54) is 200 Å². The van der Waals surface area contributed by atoms with Crippen LogP contribution in [0.25, 0.3) is 109 Å². The molecule has 12 aromatic heterocycles. The lowest BCUT2D eigenvalue weighted by Gasteiger charge is -2.03.